The second kappa shape index (κ2) is 4.92. The van der Waals surface area contributed by atoms with E-state index in [0.717, 1.165) is 38.4 Å². The molecule has 1 saturated carbocycles. The Morgan fingerprint density at radius 2 is 2.00 bits per heavy atom. The van der Waals surface area contributed by atoms with Crippen LogP contribution in [0, 0.1) is 11.3 Å². The topological polar surface area (TPSA) is 37.3 Å². The van der Waals surface area contributed by atoms with Gasteiger partial charge in [0.25, 0.3) is 0 Å². The van der Waals surface area contributed by atoms with E-state index in [0.29, 0.717) is 0 Å². The summed E-state index contributed by atoms with van der Waals surface area (Å²) in [7, 11) is 0. The van der Waals surface area contributed by atoms with Crippen LogP contribution in [0.5, 0.6) is 0 Å². The second-order valence-electron chi connectivity index (χ2n) is 4.79. The van der Waals surface area contributed by atoms with Crippen molar-refractivity contribution in [3.05, 3.63) is 0 Å². The van der Waals surface area contributed by atoms with Gasteiger partial charge in [0.05, 0.1) is 6.10 Å². The zero-order chi connectivity index (χ0) is 10.6. The molecule has 0 heterocycles. The molecule has 1 fully saturated rings. The molecule has 0 bridgehead atoms. The Kier molecular flexibility index (Phi) is 4.11. The van der Waals surface area contributed by atoms with E-state index in [2.05, 4.69) is 0 Å². The van der Waals surface area contributed by atoms with Gasteiger partial charge in [0.15, 0.2) is 0 Å². The summed E-state index contributed by atoms with van der Waals surface area (Å²) in [6.45, 7) is 4.02. The molecule has 14 heavy (non-hydrogen) atoms. The summed E-state index contributed by atoms with van der Waals surface area (Å²) in [4.78, 5) is 11.1. The molecule has 0 aromatic heterocycles. The van der Waals surface area contributed by atoms with E-state index in [1.165, 1.54) is 6.42 Å². The van der Waals surface area contributed by atoms with Gasteiger partial charge < -0.3 is 9.90 Å². The van der Waals surface area contributed by atoms with Gasteiger partial charge in [-0.25, -0.2) is 0 Å². The molecule has 0 aromatic rings. The zero-order valence-corrected chi connectivity index (χ0v) is 9.33. The maximum Gasteiger partial charge on any atom is 0.126 e. The Bertz CT molecular complexity index is 191. The summed E-state index contributed by atoms with van der Waals surface area (Å²) in [6, 6.07) is 0. The van der Waals surface area contributed by atoms with Crippen LogP contribution in [0.4, 0.5) is 0 Å². The Balaban J connectivity index is 2.75. The molecule has 0 aliphatic heterocycles. The van der Waals surface area contributed by atoms with Crippen molar-refractivity contribution >= 4 is 6.29 Å². The highest BCUT2D eigenvalue weighted by atomic mass is 16.3. The van der Waals surface area contributed by atoms with Gasteiger partial charge in [-0.05, 0) is 25.2 Å². The largest absolute Gasteiger partial charge is 0.393 e. The minimum absolute atomic E-state index is 0.174. The van der Waals surface area contributed by atoms with Crippen LogP contribution in [0.3, 0.4) is 0 Å². The lowest BCUT2D eigenvalue weighted by molar-refractivity contribution is -0.121. The van der Waals surface area contributed by atoms with E-state index in [-0.39, 0.29) is 17.4 Å². The molecule has 1 aliphatic carbocycles. The van der Waals surface area contributed by atoms with Crippen molar-refractivity contribution < 1.29 is 9.90 Å². The highest BCUT2D eigenvalue weighted by Gasteiger charge is 2.37. The van der Waals surface area contributed by atoms with E-state index in [1.54, 1.807) is 0 Å². The van der Waals surface area contributed by atoms with E-state index < -0.39 is 0 Å². The van der Waals surface area contributed by atoms with Crippen LogP contribution in [0.25, 0.3) is 0 Å². The summed E-state index contributed by atoms with van der Waals surface area (Å²) < 4.78 is 0. The van der Waals surface area contributed by atoms with Gasteiger partial charge in [-0.3, -0.25) is 0 Å². The molecule has 3 unspecified atom stereocenters. The predicted octanol–water partition coefficient (Wildman–Crippen LogP) is 2.54. The number of carbonyl (C=O) groups is 1. The minimum Gasteiger partial charge on any atom is -0.393 e. The monoisotopic (exact) mass is 198 g/mol. The van der Waals surface area contributed by atoms with Crippen molar-refractivity contribution in [2.75, 3.05) is 0 Å². The van der Waals surface area contributed by atoms with Gasteiger partial charge in [-0.1, -0.05) is 33.1 Å². The average Bonchev–Trinajstić information content (AvgIpc) is 2.42. The van der Waals surface area contributed by atoms with Crippen LogP contribution in [0.2, 0.25) is 0 Å². The Hall–Kier alpha value is -0.370. The number of aldehydes is 1. The molecule has 0 aromatic carbocycles. The first-order valence-electron chi connectivity index (χ1n) is 5.78. The van der Waals surface area contributed by atoms with Crippen LogP contribution in [-0.4, -0.2) is 17.5 Å². The summed E-state index contributed by atoms with van der Waals surface area (Å²) in [5.41, 5.74) is -0.316. The summed E-state index contributed by atoms with van der Waals surface area (Å²) in [5.74, 6) is 0.174. The molecule has 0 saturated heterocycles. The second-order valence-corrected chi connectivity index (χ2v) is 4.79. The molecule has 1 aliphatic rings. The van der Waals surface area contributed by atoms with Crippen LogP contribution in [0.15, 0.2) is 0 Å². The minimum atomic E-state index is -0.316. The number of carbonyl (C=O) groups excluding carboxylic acids is 1. The molecule has 3 atom stereocenters. The zero-order valence-electron chi connectivity index (χ0n) is 9.33. The van der Waals surface area contributed by atoms with Crippen LogP contribution < -0.4 is 0 Å². The Morgan fingerprint density at radius 1 is 1.36 bits per heavy atom. The van der Waals surface area contributed by atoms with Crippen molar-refractivity contribution in [2.45, 2.75) is 58.5 Å². The molecule has 82 valence electrons. The fourth-order valence-electron chi connectivity index (χ4n) is 2.49. The molecule has 2 heteroatoms. The smallest absolute Gasteiger partial charge is 0.126 e. The third kappa shape index (κ3) is 2.35. The third-order valence-electron chi connectivity index (χ3n) is 3.86. The van der Waals surface area contributed by atoms with E-state index in [1.807, 2.05) is 13.8 Å². The lowest BCUT2D eigenvalue weighted by Crippen LogP contribution is -2.36. The molecule has 2 nitrogen and oxygen atoms in total. The summed E-state index contributed by atoms with van der Waals surface area (Å²) >= 11 is 0. The lowest BCUT2D eigenvalue weighted by atomic mass is 9.71. The van der Waals surface area contributed by atoms with Gasteiger partial charge in [0.1, 0.15) is 6.29 Å². The normalized spacial score (nSPS) is 33.1. The van der Waals surface area contributed by atoms with Crippen molar-refractivity contribution in [2.24, 2.45) is 11.3 Å². The van der Waals surface area contributed by atoms with Crippen molar-refractivity contribution in [3.8, 4) is 0 Å². The number of aliphatic hydroxyl groups is 1. The maximum absolute atomic E-state index is 11.1. The SMILES string of the molecule is CCC(C)(C=O)C1CCCCCC1O. The Morgan fingerprint density at radius 3 is 2.57 bits per heavy atom. The van der Waals surface area contributed by atoms with Crippen molar-refractivity contribution in [3.63, 3.8) is 0 Å². The summed E-state index contributed by atoms with van der Waals surface area (Å²) in [6.07, 6.45) is 6.95. The van der Waals surface area contributed by atoms with E-state index >= 15 is 0 Å². The van der Waals surface area contributed by atoms with Gasteiger partial charge in [0.2, 0.25) is 0 Å². The van der Waals surface area contributed by atoms with Crippen molar-refractivity contribution in [1.29, 1.82) is 0 Å². The predicted molar refractivity (Wildman–Crippen MR) is 57.0 cm³/mol. The van der Waals surface area contributed by atoms with Gasteiger partial charge >= 0.3 is 0 Å². The fraction of sp³-hybridized carbons (Fsp3) is 0.917. The summed E-state index contributed by atoms with van der Waals surface area (Å²) in [5, 5.41) is 9.99. The molecule has 0 radical (unpaired) electrons. The number of aliphatic hydroxyl groups excluding tert-OH is 1. The Labute approximate surface area is 86.7 Å². The molecular formula is C12H22O2. The fourth-order valence-corrected chi connectivity index (χ4v) is 2.49. The van der Waals surface area contributed by atoms with Gasteiger partial charge in [-0.15, -0.1) is 0 Å². The number of hydrogen-bond donors (Lipinski definition) is 1. The molecule has 0 spiro atoms. The van der Waals surface area contributed by atoms with Gasteiger partial charge in [0, 0.05) is 5.41 Å². The van der Waals surface area contributed by atoms with Gasteiger partial charge in [-0.2, -0.15) is 0 Å². The van der Waals surface area contributed by atoms with Crippen LogP contribution in [0.1, 0.15) is 52.4 Å². The maximum atomic E-state index is 11.1. The molecule has 1 rings (SSSR count). The highest BCUT2D eigenvalue weighted by Crippen LogP contribution is 2.38. The first-order chi connectivity index (χ1) is 6.64. The number of hydrogen-bond acceptors (Lipinski definition) is 2. The van der Waals surface area contributed by atoms with Crippen molar-refractivity contribution in [1.82, 2.24) is 0 Å². The standard InChI is InChI=1S/C12H22O2/c1-3-12(2,9-13)10-7-5-4-6-8-11(10)14/h9-11,14H,3-8H2,1-2H3. The van der Waals surface area contributed by atoms with E-state index in [9.17, 15) is 9.90 Å². The molecule has 0 amide bonds. The third-order valence-corrected chi connectivity index (χ3v) is 3.86. The molecule has 1 N–H and O–H groups in total. The average molecular weight is 198 g/mol. The number of rotatable bonds is 3. The van der Waals surface area contributed by atoms with Crippen LogP contribution >= 0.6 is 0 Å². The van der Waals surface area contributed by atoms with E-state index in [4.69, 9.17) is 0 Å². The van der Waals surface area contributed by atoms with Crippen LogP contribution in [-0.2, 0) is 4.79 Å². The first kappa shape index (κ1) is 11.7. The molecular weight excluding hydrogens is 176 g/mol. The first-order valence-corrected chi connectivity index (χ1v) is 5.78. The highest BCUT2D eigenvalue weighted by molar-refractivity contribution is 5.59. The quantitative estimate of drug-likeness (QED) is 0.559. The lowest BCUT2D eigenvalue weighted by Gasteiger charge is -2.34.